The average molecular weight is 335 g/mol. The van der Waals surface area contributed by atoms with Crippen molar-refractivity contribution >= 4 is 11.9 Å². The van der Waals surface area contributed by atoms with Crippen LogP contribution in [0.1, 0.15) is 63.5 Å². The smallest absolute Gasteiger partial charge is 0.305 e. The lowest BCUT2D eigenvalue weighted by Crippen LogP contribution is -2.51. The molecule has 1 amide bonds. The molecule has 0 aliphatic heterocycles. The molecule has 2 atom stereocenters. The van der Waals surface area contributed by atoms with Crippen LogP contribution < -0.4 is 5.32 Å². The highest BCUT2D eigenvalue weighted by Gasteiger charge is 2.30. The fourth-order valence-electron chi connectivity index (χ4n) is 2.78. The van der Waals surface area contributed by atoms with Crippen molar-refractivity contribution in [1.29, 1.82) is 0 Å². The second-order valence-electron chi connectivity index (χ2n) is 7.04. The predicted octanol–water partition coefficient (Wildman–Crippen LogP) is 3.30. The molecule has 0 aromatic heterocycles. The molecular weight excluding hydrogens is 306 g/mol. The molecule has 2 unspecified atom stereocenters. The average Bonchev–Trinajstić information content (AvgIpc) is 2.45. The molecule has 5 heteroatoms. The minimum Gasteiger partial charge on any atom is -0.481 e. The van der Waals surface area contributed by atoms with E-state index < -0.39 is 11.5 Å². The molecule has 0 heterocycles. The number of nitrogens with one attached hydrogen (secondary N) is 1. The summed E-state index contributed by atoms with van der Waals surface area (Å²) in [5.41, 5.74) is 1.46. The van der Waals surface area contributed by atoms with Gasteiger partial charge in [-0.3, -0.25) is 9.59 Å². The molecule has 1 rings (SSSR count). The van der Waals surface area contributed by atoms with Crippen LogP contribution in [-0.4, -0.2) is 36.2 Å². The molecule has 0 aliphatic carbocycles. The minimum atomic E-state index is -0.966. The van der Waals surface area contributed by atoms with E-state index in [1.54, 1.807) is 6.92 Å². The third-order valence-electron chi connectivity index (χ3n) is 4.11. The second-order valence-corrected chi connectivity index (χ2v) is 7.04. The lowest BCUT2D eigenvalue weighted by molar-refractivity contribution is -0.139. The van der Waals surface area contributed by atoms with Gasteiger partial charge in [-0.2, -0.15) is 0 Å². The Bertz CT molecular complexity index is 553. The van der Waals surface area contributed by atoms with E-state index in [0.717, 1.165) is 5.56 Å². The number of rotatable bonds is 9. The summed E-state index contributed by atoms with van der Waals surface area (Å²) in [6, 6.07) is 8.29. The summed E-state index contributed by atoms with van der Waals surface area (Å²) < 4.78 is 5.06. The Hall–Kier alpha value is -1.88. The van der Waals surface area contributed by atoms with E-state index in [0.29, 0.717) is 12.3 Å². The number of amides is 1. The highest BCUT2D eigenvalue weighted by molar-refractivity contribution is 5.79. The normalized spacial score (nSPS) is 14.9. The molecule has 0 fully saturated rings. The van der Waals surface area contributed by atoms with Crippen molar-refractivity contribution in [2.45, 2.75) is 57.9 Å². The number of ether oxygens (including phenoxy) is 1. The zero-order valence-corrected chi connectivity index (χ0v) is 15.3. The molecule has 5 nitrogen and oxygen atoms in total. The third kappa shape index (κ3) is 6.32. The number of carbonyl (C=O) groups excluding carboxylic acids is 1. The summed E-state index contributed by atoms with van der Waals surface area (Å²) in [6.07, 6.45) is 0.129. The molecule has 0 radical (unpaired) electrons. The zero-order valence-electron chi connectivity index (χ0n) is 15.3. The van der Waals surface area contributed by atoms with Crippen LogP contribution in [0.3, 0.4) is 0 Å². The summed E-state index contributed by atoms with van der Waals surface area (Å²) >= 11 is 0. The maximum absolute atomic E-state index is 12.3. The number of carboxylic acids is 1. The van der Waals surface area contributed by atoms with Crippen molar-refractivity contribution < 1.29 is 19.4 Å². The summed E-state index contributed by atoms with van der Waals surface area (Å²) in [6.45, 7) is 8.12. The summed E-state index contributed by atoms with van der Waals surface area (Å²) in [4.78, 5) is 23.3. The summed E-state index contributed by atoms with van der Waals surface area (Å²) in [5, 5.41) is 11.8. The van der Waals surface area contributed by atoms with Crippen LogP contribution in [0.15, 0.2) is 24.3 Å². The highest BCUT2D eigenvalue weighted by atomic mass is 16.5. The molecular formula is C19H29NO4. The topological polar surface area (TPSA) is 75.6 Å². The number of aliphatic carboxylic acids is 1. The number of hydrogen-bond donors (Lipinski definition) is 2. The number of hydrogen-bond acceptors (Lipinski definition) is 3. The van der Waals surface area contributed by atoms with Gasteiger partial charge in [0.15, 0.2) is 0 Å². The SMILES string of the molecule is COCC(C)(CC(=O)O)NC(=O)CC(C)c1ccc(C(C)C)cc1. The van der Waals surface area contributed by atoms with E-state index in [9.17, 15) is 9.59 Å². The van der Waals surface area contributed by atoms with Crippen LogP contribution in [0.25, 0.3) is 0 Å². The highest BCUT2D eigenvalue weighted by Crippen LogP contribution is 2.23. The van der Waals surface area contributed by atoms with Crippen LogP contribution in [0.5, 0.6) is 0 Å². The molecule has 0 spiro atoms. The number of carboxylic acid groups (broad SMARTS) is 1. The van der Waals surface area contributed by atoms with Gasteiger partial charge in [0, 0.05) is 13.5 Å². The van der Waals surface area contributed by atoms with Crippen LogP contribution in [0.2, 0.25) is 0 Å². The molecule has 0 saturated carbocycles. The monoisotopic (exact) mass is 335 g/mol. The number of carbonyl (C=O) groups is 2. The van der Waals surface area contributed by atoms with E-state index in [1.807, 2.05) is 6.92 Å². The first kappa shape index (κ1) is 20.2. The Kier molecular flexibility index (Phi) is 7.42. The zero-order chi connectivity index (χ0) is 18.3. The first-order chi connectivity index (χ1) is 11.2. The minimum absolute atomic E-state index is 0.0582. The summed E-state index contributed by atoms with van der Waals surface area (Å²) in [5.74, 6) is -0.602. The van der Waals surface area contributed by atoms with Gasteiger partial charge in [-0.15, -0.1) is 0 Å². The first-order valence-electron chi connectivity index (χ1n) is 8.28. The Morgan fingerprint density at radius 3 is 2.17 bits per heavy atom. The molecule has 134 valence electrons. The van der Waals surface area contributed by atoms with Gasteiger partial charge in [-0.25, -0.2) is 0 Å². The van der Waals surface area contributed by atoms with Gasteiger partial charge in [-0.05, 0) is 29.9 Å². The van der Waals surface area contributed by atoms with Gasteiger partial charge in [0.2, 0.25) is 5.91 Å². The van der Waals surface area contributed by atoms with E-state index in [1.165, 1.54) is 12.7 Å². The summed E-state index contributed by atoms with van der Waals surface area (Å²) in [7, 11) is 1.49. The number of methoxy groups -OCH3 is 1. The van der Waals surface area contributed by atoms with E-state index in [2.05, 4.69) is 43.4 Å². The van der Waals surface area contributed by atoms with Crippen LogP contribution >= 0.6 is 0 Å². The van der Waals surface area contributed by atoms with Crippen molar-refractivity contribution in [3.05, 3.63) is 35.4 Å². The first-order valence-corrected chi connectivity index (χ1v) is 8.28. The quantitative estimate of drug-likeness (QED) is 0.726. The van der Waals surface area contributed by atoms with Gasteiger partial charge in [0.05, 0.1) is 18.6 Å². The fraction of sp³-hybridized carbons (Fsp3) is 0.579. The molecule has 0 aliphatic rings. The molecule has 1 aromatic rings. The Morgan fingerprint density at radius 2 is 1.71 bits per heavy atom. The van der Waals surface area contributed by atoms with E-state index in [-0.39, 0.29) is 24.9 Å². The predicted molar refractivity (Wildman–Crippen MR) is 94.2 cm³/mol. The molecule has 2 N–H and O–H groups in total. The van der Waals surface area contributed by atoms with Gasteiger partial charge in [0.1, 0.15) is 0 Å². The van der Waals surface area contributed by atoms with Crippen molar-refractivity contribution in [1.82, 2.24) is 5.32 Å². The van der Waals surface area contributed by atoms with Crippen LogP contribution in [0.4, 0.5) is 0 Å². The van der Waals surface area contributed by atoms with E-state index in [4.69, 9.17) is 9.84 Å². The van der Waals surface area contributed by atoms with Crippen molar-refractivity contribution in [2.75, 3.05) is 13.7 Å². The van der Waals surface area contributed by atoms with Crippen LogP contribution in [0, 0.1) is 0 Å². The largest absolute Gasteiger partial charge is 0.481 e. The lowest BCUT2D eigenvalue weighted by atomic mass is 9.93. The third-order valence-corrected chi connectivity index (χ3v) is 4.11. The molecule has 1 aromatic carbocycles. The maximum atomic E-state index is 12.3. The van der Waals surface area contributed by atoms with Gasteiger partial charge >= 0.3 is 5.97 Å². The van der Waals surface area contributed by atoms with Crippen molar-refractivity contribution in [3.63, 3.8) is 0 Å². The Balaban J connectivity index is 2.69. The molecule has 24 heavy (non-hydrogen) atoms. The van der Waals surface area contributed by atoms with Gasteiger partial charge in [-0.1, -0.05) is 45.0 Å². The fourth-order valence-corrected chi connectivity index (χ4v) is 2.78. The molecule has 0 bridgehead atoms. The van der Waals surface area contributed by atoms with Crippen molar-refractivity contribution in [3.8, 4) is 0 Å². The lowest BCUT2D eigenvalue weighted by Gasteiger charge is -2.29. The Labute approximate surface area is 144 Å². The van der Waals surface area contributed by atoms with Crippen molar-refractivity contribution in [2.24, 2.45) is 0 Å². The second kappa shape index (κ2) is 8.83. The number of benzene rings is 1. The standard InChI is InChI=1S/C19H29NO4/c1-13(2)15-6-8-16(9-7-15)14(3)10-17(21)20-19(4,12-24-5)11-18(22)23/h6-9,13-14H,10-12H2,1-5H3,(H,20,21)(H,22,23). The van der Waals surface area contributed by atoms with Crippen LogP contribution in [-0.2, 0) is 14.3 Å². The van der Waals surface area contributed by atoms with Gasteiger partial charge in [0.25, 0.3) is 0 Å². The Morgan fingerprint density at radius 1 is 1.17 bits per heavy atom. The molecule has 0 saturated heterocycles. The maximum Gasteiger partial charge on any atom is 0.305 e. The van der Waals surface area contributed by atoms with Gasteiger partial charge < -0.3 is 15.2 Å². The van der Waals surface area contributed by atoms with E-state index >= 15 is 0 Å².